The fourth-order valence-corrected chi connectivity index (χ4v) is 3.49. The van der Waals surface area contributed by atoms with Crippen LogP contribution in [0.25, 0.3) is 0 Å². The zero-order valence-electron chi connectivity index (χ0n) is 20.4. The molecule has 0 saturated heterocycles. The number of halogens is 1. The Hall–Kier alpha value is -0.280. The Balaban J connectivity index is 0. The van der Waals surface area contributed by atoms with Gasteiger partial charge in [0, 0.05) is 6.61 Å². The summed E-state index contributed by atoms with van der Waals surface area (Å²) in [5.74, 6) is -0.333. The molecular formula is C26H53ClO3. The second-order valence-corrected chi connectivity index (χ2v) is 8.71. The summed E-state index contributed by atoms with van der Waals surface area (Å²) in [6, 6.07) is 0. The van der Waals surface area contributed by atoms with Gasteiger partial charge in [0.15, 0.2) is 0 Å². The van der Waals surface area contributed by atoms with Crippen molar-refractivity contribution in [1.29, 1.82) is 0 Å². The number of unbranched alkanes of at least 4 members (excludes halogenated alkanes) is 18. The highest BCUT2D eigenvalue weighted by Crippen LogP contribution is 2.11. The summed E-state index contributed by atoms with van der Waals surface area (Å²) in [5, 5.41) is 8.57. The highest BCUT2D eigenvalue weighted by atomic mass is 35.5. The smallest absolute Gasteiger partial charge is 0.320 e. The van der Waals surface area contributed by atoms with Gasteiger partial charge in [0.05, 0.1) is 6.61 Å². The Morgan fingerprint density at radius 1 is 0.600 bits per heavy atom. The Bertz CT molecular complexity index is 301. The standard InChI is InChI=1S/C14H27ClO2.C12H26O/c1-2-3-4-5-6-7-8-9-10-11-12-17-14(16)13-15;1-2-3-4-5-6-7-8-9-10-11-12-13/h2-13H2,1H3;13H,2-12H2,1H3. The summed E-state index contributed by atoms with van der Waals surface area (Å²) in [4.78, 5) is 10.7. The highest BCUT2D eigenvalue weighted by Gasteiger charge is 1.98. The number of alkyl halides is 1. The van der Waals surface area contributed by atoms with Crippen molar-refractivity contribution in [3.63, 3.8) is 0 Å². The topological polar surface area (TPSA) is 46.5 Å². The number of carbonyl (C=O) groups is 1. The number of ether oxygens (including phenoxy) is 1. The Morgan fingerprint density at radius 3 is 1.27 bits per heavy atom. The van der Waals surface area contributed by atoms with Gasteiger partial charge in [-0.3, -0.25) is 4.79 Å². The van der Waals surface area contributed by atoms with Crippen molar-refractivity contribution >= 4 is 17.6 Å². The van der Waals surface area contributed by atoms with Crippen molar-refractivity contribution in [2.75, 3.05) is 19.1 Å². The monoisotopic (exact) mass is 448 g/mol. The third-order valence-corrected chi connectivity index (χ3v) is 5.60. The number of hydrogen-bond donors (Lipinski definition) is 1. The number of aliphatic hydroxyl groups excluding tert-OH is 1. The first-order valence-electron chi connectivity index (χ1n) is 13.0. The average Bonchev–Trinajstić information content (AvgIpc) is 2.76. The van der Waals surface area contributed by atoms with Crippen LogP contribution in [0.5, 0.6) is 0 Å². The second kappa shape index (κ2) is 30.9. The minimum atomic E-state index is -0.303. The van der Waals surface area contributed by atoms with E-state index in [9.17, 15) is 4.79 Å². The summed E-state index contributed by atoms with van der Waals surface area (Å²) in [5.41, 5.74) is 0. The molecule has 0 spiro atoms. The molecule has 0 aromatic rings. The molecule has 182 valence electrons. The molecule has 3 nitrogen and oxygen atoms in total. The van der Waals surface area contributed by atoms with E-state index in [0.29, 0.717) is 13.2 Å². The third kappa shape index (κ3) is 32.4. The van der Waals surface area contributed by atoms with E-state index in [1.54, 1.807) is 0 Å². The maximum Gasteiger partial charge on any atom is 0.320 e. The van der Waals surface area contributed by atoms with E-state index in [-0.39, 0.29) is 11.8 Å². The van der Waals surface area contributed by atoms with Gasteiger partial charge in [0.2, 0.25) is 0 Å². The molecule has 4 heteroatoms. The average molecular weight is 449 g/mol. The van der Waals surface area contributed by atoms with E-state index in [2.05, 4.69) is 13.8 Å². The molecule has 0 aliphatic carbocycles. The molecule has 0 saturated carbocycles. The zero-order valence-corrected chi connectivity index (χ0v) is 21.2. The van der Waals surface area contributed by atoms with Crippen molar-refractivity contribution in [3.8, 4) is 0 Å². The minimum absolute atomic E-state index is 0.0300. The maximum absolute atomic E-state index is 10.7. The largest absolute Gasteiger partial charge is 0.465 e. The lowest BCUT2D eigenvalue weighted by Crippen LogP contribution is -2.06. The first-order valence-corrected chi connectivity index (χ1v) is 13.6. The number of carbonyl (C=O) groups excluding carboxylic acids is 1. The molecule has 0 aromatic heterocycles. The van der Waals surface area contributed by atoms with E-state index in [4.69, 9.17) is 21.4 Å². The van der Waals surface area contributed by atoms with Gasteiger partial charge in [0.25, 0.3) is 0 Å². The van der Waals surface area contributed by atoms with Gasteiger partial charge in [-0.15, -0.1) is 11.6 Å². The first-order chi connectivity index (χ1) is 14.7. The van der Waals surface area contributed by atoms with Gasteiger partial charge in [-0.05, 0) is 12.8 Å². The Labute approximate surface area is 193 Å². The van der Waals surface area contributed by atoms with Gasteiger partial charge in [-0.2, -0.15) is 0 Å². The van der Waals surface area contributed by atoms with Crippen LogP contribution in [0.2, 0.25) is 0 Å². The van der Waals surface area contributed by atoms with Crippen LogP contribution in [-0.2, 0) is 9.53 Å². The molecule has 0 aliphatic heterocycles. The maximum atomic E-state index is 10.7. The Kier molecular flexibility index (Phi) is 32.9. The molecule has 0 bridgehead atoms. The molecule has 0 aromatic carbocycles. The molecule has 0 aliphatic rings. The van der Waals surface area contributed by atoms with Gasteiger partial charge in [-0.1, -0.05) is 129 Å². The predicted molar refractivity (Wildman–Crippen MR) is 132 cm³/mol. The fraction of sp³-hybridized carbons (Fsp3) is 0.962. The van der Waals surface area contributed by atoms with Gasteiger partial charge in [0.1, 0.15) is 5.88 Å². The van der Waals surface area contributed by atoms with Crippen molar-refractivity contribution in [3.05, 3.63) is 0 Å². The van der Waals surface area contributed by atoms with E-state index in [1.807, 2.05) is 0 Å². The quantitative estimate of drug-likeness (QED) is 0.102. The minimum Gasteiger partial charge on any atom is -0.465 e. The van der Waals surface area contributed by atoms with Crippen LogP contribution in [0.4, 0.5) is 0 Å². The van der Waals surface area contributed by atoms with Gasteiger partial charge < -0.3 is 9.84 Å². The van der Waals surface area contributed by atoms with Crippen LogP contribution in [0.15, 0.2) is 0 Å². The van der Waals surface area contributed by atoms with Crippen LogP contribution in [0, 0.1) is 0 Å². The van der Waals surface area contributed by atoms with Crippen molar-refractivity contribution < 1.29 is 14.6 Å². The SMILES string of the molecule is CCCCCCCCCCCCO.CCCCCCCCCCCCOC(=O)CCl. The summed E-state index contributed by atoms with van der Waals surface area (Å²) >= 11 is 5.31. The molecule has 0 fully saturated rings. The van der Waals surface area contributed by atoms with E-state index in [1.165, 1.54) is 109 Å². The number of hydrogen-bond acceptors (Lipinski definition) is 3. The number of esters is 1. The fourth-order valence-electron chi connectivity index (χ4n) is 3.41. The van der Waals surface area contributed by atoms with Gasteiger partial charge >= 0.3 is 5.97 Å². The van der Waals surface area contributed by atoms with Crippen molar-refractivity contribution in [1.82, 2.24) is 0 Å². The zero-order chi connectivity index (χ0) is 22.5. The summed E-state index contributed by atoms with van der Waals surface area (Å²) in [6.45, 7) is 5.41. The van der Waals surface area contributed by atoms with Crippen LogP contribution >= 0.6 is 11.6 Å². The lowest BCUT2D eigenvalue weighted by atomic mass is 10.1. The third-order valence-electron chi connectivity index (χ3n) is 5.38. The normalized spacial score (nSPS) is 10.5. The number of aliphatic hydroxyl groups is 1. The van der Waals surface area contributed by atoms with Crippen LogP contribution in [-0.4, -0.2) is 30.2 Å². The molecule has 0 atom stereocenters. The van der Waals surface area contributed by atoms with E-state index >= 15 is 0 Å². The summed E-state index contributed by atoms with van der Waals surface area (Å²) in [7, 11) is 0. The Morgan fingerprint density at radius 2 is 0.933 bits per heavy atom. The molecule has 0 radical (unpaired) electrons. The molecular weight excluding hydrogens is 396 g/mol. The molecule has 1 N–H and O–H groups in total. The molecule has 0 heterocycles. The predicted octanol–water partition coefficient (Wildman–Crippen LogP) is 8.59. The second-order valence-electron chi connectivity index (χ2n) is 8.44. The van der Waals surface area contributed by atoms with E-state index < -0.39 is 0 Å². The lowest BCUT2D eigenvalue weighted by Gasteiger charge is -2.03. The van der Waals surface area contributed by atoms with Crippen LogP contribution in [0.3, 0.4) is 0 Å². The van der Waals surface area contributed by atoms with E-state index in [0.717, 1.165) is 19.3 Å². The molecule has 30 heavy (non-hydrogen) atoms. The summed E-state index contributed by atoms with van der Waals surface area (Å²) in [6.07, 6.45) is 26.2. The van der Waals surface area contributed by atoms with Crippen molar-refractivity contribution in [2.24, 2.45) is 0 Å². The first kappa shape index (κ1) is 31.9. The highest BCUT2D eigenvalue weighted by molar-refractivity contribution is 6.26. The van der Waals surface area contributed by atoms with Crippen LogP contribution < -0.4 is 0 Å². The number of rotatable bonds is 22. The van der Waals surface area contributed by atoms with Crippen molar-refractivity contribution in [2.45, 2.75) is 142 Å². The summed E-state index contributed by atoms with van der Waals surface area (Å²) < 4.78 is 4.89. The lowest BCUT2D eigenvalue weighted by molar-refractivity contribution is -0.140. The van der Waals surface area contributed by atoms with Gasteiger partial charge in [-0.25, -0.2) is 0 Å². The molecule has 0 unspecified atom stereocenters. The van der Waals surface area contributed by atoms with Crippen LogP contribution in [0.1, 0.15) is 142 Å². The molecule has 0 amide bonds. The molecule has 0 rings (SSSR count).